The van der Waals surface area contributed by atoms with Crippen LogP contribution < -0.4 is 10.2 Å². The van der Waals surface area contributed by atoms with Gasteiger partial charge in [-0.05, 0) is 31.0 Å². The van der Waals surface area contributed by atoms with Gasteiger partial charge in [-0.25, -0.2) is 15.0 Å². The third kappa shape index (κ3) is 4.09. The van der Waals surface area contributed by atoms with Crippen LogP contribution in [0.2, 0.25) is 5.02 Å². The molecular formula is C19H19ClN6O. The van der Waals surface area contributed by atoms with Gasteiger partial charge in [-0.3, -0.25) is 9.36 Å². The number of amides is 1. The van der Waals surface area contributed by atoms with Gasteiger partial charge < -0.3 is 10.2 Å². The molecule has 1 aromatic carbocycles. The van der Waals surface area contributed by atoms with E-state index < -0.39 is 0 Å². The molecule has 0 unspecified atom stereocenters. The summed E-state index contributed by atoms with van der Waals surface area (Å²) in [5, 5.41) is 3.57. The van der Waals surface area contributed by atoms with E-state index in [4.69, 9.17) is 11.6 Å². The molecule has 3 aromatic rings. The smallest absolute Gasteiger partial charge is 0.227 e. The normalized spacial score (nSPS) is 14.9. The third-order valence-electron chi connectivity index (χ3n) is 4.69. The first-order chi connectivity index (χ1) is 13.2. The molecule has 138 valence electrons. The van der Waals surface area contributed by atoms with Crippen LogP contribution in [0.5, 0.6) is 0 Å². The Bertz CT molecular complexity index is 921. The fraction of sp³-hybridized carbons (Fsp3) is 0.263. The second kappa shape index (κ2) is 7.75. The maximum absolute atomic E-state index is 12.5. The van der Waals surface area contributed by atoms with Crippen molar-refractivity contribution < 1.29 is 4.79 Å². The minimum Gasteiger partial charge on any atom is -0.356 e. The number of aromatic nitrogens is 4. The average molecular weight is 383 g/mol. The van der Waals surface area contributed by atoms with Crippen LogP contribution in [0.3, 0.4) is 0 Å². The summed E-state index contributed by atoms with van der Waals surface area (Å²) < 4.78 is 1.84. The van der Waals surface area contributed by atoms with Crippen molar-refractivity contribution in [3.63, 3.8) is 0 Å². The largest absolute Gasteiger partial charge is 0.356 e. The Morgan fingerprint density at radius 2 is 1.96 bits per heavy atom. The Morgan fingerprint density at radius 3 is 2.70 bits per heavy atom. The highest BCUT2D eigenvalue weighted by molar-refractivity contribution is 6.30. The maximum atomic E-state index is 12.5. The molecule has 0 atom stereocenters. The first kappa shape index (κ1) is 17.5. The van der Waals surface area contributed by atoms with Gasteiger partial charge in [-0.1, -0.05) is 17.7 Å². The summed E-state index contributed by atoms with van der Waals surface area (Å²) in [6.07, 6.45) is 8.37. The number of benzene rings is 1. The first-order valence-corrected chi connectivity index (χ1v) is 9.18. The molecule has 0 spiro atoms. The van der Waals surface area contributed by atoms with Crippen LogP contribution in [-0.2, 0) is 4.79 Å². The maximum Gasteiger partial charge on any atom is 0.227 e. The van der Waals surface area contributed by atoms with Gasteiger partial charge in [0.05, 0.1) is 0 Å². The number of rotatable bonds is 4. The number of carbonyl (C=O) groups is 1. The van der Waals surface area contributed by atoms with E-state index in [0.29, 0.717) is 5.02 Å². The molecule has 0 aliphatic carbocycles. The van der Waals surface area contributed by atoms with E-state index in [2.05, 4.69) is 25.2 Å². The van der Waals surface area contributed by atoms with Crippen LogP contribution >= 0.6 is 11.6 Å². The molecule has 27 heavy (non-hydrogen) atoms. The van der Waals surface area contributed by atoms with Crippen LogP contribution in [0.25, 0.3) is 5.82 Å². The van der Waals surface area contributed by atoms with Crippen LogP contribution in [-0.4, -0.2) is 38.5 Å². The van der Waals surface area contributed by atoms with Crippen LogP contribution in [0.15, 0.2) is 55.4 Å². The Hall–Kier alpha value is -2.93. The van der Waals surface area contributed by atoms with Gasteiger partial charge in [0.15, 0.2) is 0 Å². The van der Waals surface area contributed by atoms with E-state index in [1.54, 1.807) is 31.0 Å². The summed E-state index contributed by atoms with van der Waals surface area (Å²) in [5.74, 6) is 1.66. The van der Waals surface area contributed by atoms with Gasteiger partial charge in [0.1, 0.15) is 24.3 Å². The summed E-state index contributed by atoms with van der Waals surface area (Å²) in [4.78, 5) is 27.4. The topological polar surface area (TPSA) is 75.9 Å². The lowest BCUT2D eigenvalue weighted by atomic mass is 9.96. The molecule has 1 aliphatic heterocycles. The number of hydrogen-bond donors (Lipinski definition) is 1. The van der Waals surface area contributed by atoms with Crippen LogP contribution in [0, 0.1) is 5.92 Å². The van der Waals surface area contributed by atoms with E-state index in [-0.39, 0.29) is 11.8 Å². The standard InChI is InChI=1S/C19H19ClN6O/c20-15-2-1-3-16(10-15)24-19(27)14-4-7-25(8-5-14)17-11-18(23-12-22-17)26-9-6-21-13-26/h1-3,6,9-14H,4-5,7-8H2,(H,24,27). The minimum atomic E-state index is -0.0183. The van der Waals surface area contributed by atoms with Crippen molar-refractivity contribution in [2.75, 3.05) is 23.3 Å². The molecular weight excluding hydrogens is 364 g/mol. The second-order valence-electron chi connectivity index (χ2n) is 6.47. The lowest BCUT2D eigenvalue weighted by Gasteiger charge is -2.32. The number of carbonyl (C=O) groups excluding carboxylic acids is 1. The lowest BCUT2D eigenvalue weighted by Crippen LogP contribution is -2.38. The van der Waals surface area contributed by atoms with Crippen LogP contribution in [0.1, 0.15) is 12.8 Å². The molecule has 1 fully saturated rings. The summed E-state index contributed by atoms with van der Waals surface area (Å²) in [6, 6.07) is 9.15. The Kier molecular flexibility index (Phi) is 5.02. The Morgan fingerprint density at radius 1 is 1.15 bits per heavy atom. The van der Waals surface area contributed by atoms with Gasteiger partial charge in [0.2, 0.25) is 5.91 Å². The number of anilines is 2. The zero-order valence-corrected chi connectivity index (χ0v) is 15.4. The zero-order valence-electron chi connectivity index (χ0n) is 14.6. The number of halogens is 1. The lowest BCUT2D eigenvalue weighted by molar-refractivity contribution is -0.120. The highest BCUT2D eigenvalue weighted by Crippen LogP contribution is 2.24. The molecule has 2 aromatic heterocycles. The van der Waals surface area contributed by atoms with Crippen molar-refractivity contribution in [2.24, 2.45) is 5.92 Å². The number of nitrogens with one attached hydrogen (secondary N) is 1. The van der Waals surface area contributed by atoms with Gasteiger partial charge in [-0.2, -0.15) is 0 Å². The highest BCUT2D eigenvalue weighted by atomic mass is 35.5. The van der Waals surface area contributed by atoms with Crippen LogP contribution in [0.4, 0.5) is 11.5 Å². The SMILES string of the molecule is O=C(Nc1cccc(Cl)c1)C1CCN(c2cc(-n3ccnc3)ncn2)CC1. The van der Waals surface area contributed by atoms with Crippen molar-refractivity contribution in [1.82, 2.24) is 19.5 Å². The summed E-state index contributed by atoms with van der Waals surface area (Å²) >= 11 is 5.98. The predicted molar refractivity (Wildman–Crippen MR) is 104 cm³/mol. The van der Waals surface area contributed by atoms with Gasteiger partial charge >= 0.3 is 0 Å². The molecule has 0 saturated carbocycles. The molecule has 4 rings (SSSR count). The zero-order chi connectivity index (χ0) is 18.6. The molecule has 1 amide bonds. The van der Waals surface area contributed by atoms with Gasteiger partial charge in [0.25, 0.3) is 0 Å². The number of imidazole rings is 1. The van der Waals surface area contributed by atoms with Crippen molar-refractivity contribution in [2.45, 2.75) is 12.8 Å². The highest BCUT2D eigenvalue weighted by Gasteiger charge is 2.26. The molecule has 1 aliphatic rings. The molecule has 7 nitrogen and oxygen atoms in total. The van der Waals surface area contributed by atoms with E-state index in [1.807, 2.05) is 29.0 Å². The number of hydrogen-bond acceptors (Lipinski definition) is 5. The second-order valence-corrected chi connectivity index (χ2v) is 6.90. The number of nitrogens with zero attached hydrogens (tertiary/aromatic N) is 5. The minimum absolute atomic E-state index is 0.0183. The quantitative estimate of drug-likeness (QED) is 0.750. The van der Waals surface area contributed by atoms with E-state index in [0.717, 1.165) is 43.3 Å². The molecule has 1 N–H and O–H groups in total. The number of piperidine rings is 1. The van der Waals surface area contributed by atoms with E-state index in [9.17, 15) is 4.79 Å². The third-order valence-corrected chi connectivity index (χ3v) is 4.92. The van der Waals surface area contributed by atoms with Crippen molar-refractivity contribution in [3.8, 4) is 5.82 Å². The summed E-state index contributed by atoms with van der Waals surface area (Å²) in [5.41, 5.74) is 0.732. The summed E-state index contributed by atoms with van der Waals surface area (Å²) in [6.45, 7) is 1.54. The van der Waals surface area contributed by atoms with E-state index in [1.165, 1.54) is 0 Å². The van der Waals surface area contributed by atoms with Crippen molar-refractivity contribution in [3.05, 3.63) is 60.4 Å². The molecule has 1 saturated heterocycles. The summed E-state index contributed by atoms with van der Waals surface area (Å²) in [7, 11) is 0. The van der Waals surface area contributed by atoms with Crippen molar-refractivity contribution in [1.29, 1.82) is 0 Å². The fourth-order valence-corrected chi connectivity index (χ4v) is 3.42. The van der Waals surface area contributed by atoms with Crippen molar-refractivity contribution >= 4 is 29.0 Å². The fourth-order valence-electron chi connectivity index (χ4n) is 3.23. The van der Waals surface area contributed by atoms with Gasteiger partial charge in [-0.15, -0.1) is 0 Å². The molecule has 8 heteroatoms. The molecule has 0 bridgehead atoms. The predicted octanol–water partition coefficient (Wildman–Crippen LogP) is 3.17. The molecule has 0 radical (unpaired) electrons. The Labute approximate surface area is 162 Å². The molecule has 3 heterocycles. The van der Waals surface area contributed by atoms with Gasteiger partial charge in [0, 0.05) is 48.2 Å². The Balaban J connectivity index is 1.37. The average Bonchev–Trinajstić information content (AvgIpc) is 3.23. The first-order valence-electron chi connectivity index (χ1n) is 8.81. The monoisotopic (exact) mass is 382 g/mol. The van der Waals surface area contributed by atoms with E-state index >= 15 is 0 Å².